The van der Waals surface area contributed by atoms with Crippen LogP contribution in [-0.2, 0) is 0 Å². The second kappa shape index (κ2) is 6.82. The highest BCUT2D eigenvalue weighted by atomic mass is 35.5. The van der Waals surface area contributed by atoms with Gasteiger partial charge in [0.25, 0.3) is 0 Å². The first-order valence-corrected chi connectivity index (χ1v) is 8.16. The Balaban J connectivity index is 1.96. The zero-order valence-corrected chi connectivity index (χ0v) is 13.4. The Bertz CT molecular complexity index is 449. The van der Waals surface area contributed by atoms with E-state index in [9.17, 15) is 0 Å². The molecule has 3 heteroatoms. The number of rotatable bonds is 6. The van der Waals surface area contributed by atoms with Gasteiger partial charge in [0, 0.05) is 23.0 Å². The van der Waals surface area contributed by atoms with Crippen LogP contribution in [0.15, 0.2) is 18.2 Å². The first-order valence-electron chi connectivity index (χ1n) is 7.78. The fourth-order valence-corrected chi connectivity index (χ4v) is 3.22. The number of halogens is 1. The normalized spacial score (nSPS) is 25.1. The summed E-state index contributed by atoms with van der Waals surface area (Å²) in [5, 5.41) is 0.728. The molecule has 2 nitrogen and oxygen atoms in total. The lowest BCUT2D eigenvalue weighted by atomic mass is 9.85. The highest BCUT2D eigenvalue weighted by molar-refractivity contribution is 6.30. The van der Waals surface area contributed by atoms with E-state index in [-0.39, 0.29) is 11.6 Å². The van der Waals surface area contributed by atoms with Crippen LogP contribution in [0.5, 0.6) is 5.75 Å². The van der Waals surface area contributed by atoms with Crippen LogP contribution in [0, 0.1) is 0 Å². The summed E-state index contributed by atoms with van der Waals surface area (Å²) >= 11 is 6.03. The predicted molar refractivity (Wildman–Crippen MR) is 85.4 cm³/mol. The van der Waals surface area contributed by atoms with E-state index in [1.54, 1.807) is 0 Å². The maximum atomic E-state index is 6.30. The highest BCUT2D eigenvalue weighted by Crippen LogP contribution is 2.41. The van der Waals surface area contributed by atoms with Gasteiger partial charge in [0.05, 0.1) is 0 Å². The molecule has 1 heterocycles. The van der Waals surface area contributed by atoms with Crippen LogP contribution in [0.1, 0.15) is 70.4 Å². The number of ether oxygens (including phenoxy) is 1. The molecule has 20 heavy (non-hydrogen) atoms. The molecule has 0 fully saturated rings. The van der Waals surface area contributed by atoms with Gasteiger partial charge in [0.2, 0.25) is 0 Å². The minimum Gasteiger partial charge on any atom is -0.487 e. The Hall–Kier alpha value is -0.730. The minimum atomic E-state index is -0.132. The Morgan fingerprint density at radius 1 is 1.30 bits per heavy atom. The van der Waals surface area contributed by atoms with E-state index in [0.717, 1.165) is 29.2 Å². The van der Waals surface area contributed by atoms with Crippen LogP contribution in [0.25, 0.3) is 0 Å². The average Bonchev–Trinajstić information content (AvgIpc) is 2.39. The second-order valence-corrected chi connectivity index (χ2v) is 6.65. The van der Waals surface area contributed by atoms with Gasteiger partial charge in [0.1, 0.15) is 11.4 Å². The lowest BCUT2D eigenvalue weighted by Crippen LogP contribution is -2.40. The van der Waals surface area contributed by atoms with E-state index < -0.39 is 0 Å². The van der Waals surface area contributed by atoms with Crippen molar-refractivity contribution < 1.29 is 4.74 Å². The van der Waals surface area contributed by atoms with E-state index in [1.807, 2.05) is 18.2 Å². The Morgan fingerprint density at radius 2 is 2.05 bits per heavy atom. The van der Waals surface area contributed by atoms with E-state index in [2.05, 4.69) is 13.8 Å². The average molecular weight is 296 g/mol. The number of unbranched alkanes of at least 4 members (excludes halogenated alkanes) is 4. The fraction of sp³-hybridized carbons (Fsp3) is 0.647. The van der Waals surface area contributed by atoms with Crippen molar-refractivity contribution in [1.82, 2.24) is 0 Å². The van der Waals surface area contributed by atoms with Gasteiger partial charge in [-0.25, -0.2) is 0 Å². The summed E-state index contributed by atoms with van der Waals surface area (Å²) in [6, 6.07) is 5.78. The predicted octanol–water partition coefficient (Wildman–Crippen LogP) is 5.24. The van der Waals surface area contributed by atoms with Gasteiger partial charge in [0.15, 0.2) is 0 Å². The lowest BCUT2D eigenvalue weighted by molar-refractivity contribution is 0.0430. The number of hydrogen-bond acceptors (Lipinski definition) is 2. The van der Waals surface area contributed by atoms with Gasteiger partial charge in [-0.3, -0.25) is 0 Å². The molecule has 0 aliphatic carbocycles. The molecule has 2 N–H and O–H groups in total. The third-order valence-electron chi connectivity index (χ3n) is 4.19. The molecule has 112 valence electrons. The topological polar surface area (TPSA) is 35.2 Å². The molecule has 0 aromatic heterocycles. The Kier molecular flexibility index (Phi) is 5.34. The van der Waals surface area contributed by atoms with E-state index in [4.69, 9.17) is 22.1 Å². The zero-order valence-electron chi connectivity index (χ0n) is 12.6. The molecule has 0 saturated carbocycles. The number of hydrogen-bond donors (Lipinski definition) is 1. The summed E-state index contributed by atoms with van der Waals surface area (Å²) in [6.07, 6.45) is 8.39. The van der Waals surface area contributed by atoms with Gasteiger partial charge in [-0.15, -0.1) is 0 Å². The molecule has 1 aromatic rings. The minimum absolute atomic E-state index is 0.0260. The number of fused-ring (bicyclic) bond motifs is 1. The zero-order chi connectivity index (χ0) is 14.6. The molecule has 2 rings (SSSR count). The standard InChI is InChI=1S/C17H26ClNO/c1-3-4-5-6-7-10-17(2)12-15(19)14-11-13(18)8-9-16(14)20-17/h8-9,11,15H,3-7,10,12,19H2,1-2H3. The van der Waals surface area contributed by atoms with Crippen molar-refractivity contribution in [2.75, 3.05) is 0 Å². The first kappa shape index (κ1) is 15.7. The van der Waals surface area contributed by atoms with E-state index >= 15 is 0 Å². The molecule has 1 aliphatic rings. The summed E-state index contributed by atoms with van der Waals surface area (Å²) in [5.41, 5.74) is 7.21. The van der Waals surface area contributed by atoms with Crippen LogP contribution in [0.4, 0.5) is 0 Å². The van der Waals surface area contributed by atoms with Gasteiger partial charge in [-0.05, 0) is 38.0 Å². The van der Waals surface area contributed by atoms with Crippen molar-refractivity contribution >= 4 is 11.6 Å². The fourth-order valence-electron chi connectivity index (χ4n) is 3.04. The van der Waals surface area contributed by atoms with Crippen molar-refractivity contribution in [3.05, 3.63) is 28.8 Å². The van der Waals surface area contributed by atoms with Gasteiger partial charge in [-0.2, -0.15) is 0 Å². The smallest absolute Gasteiger partial charge is 0.125 e. The molecule has 0 radical (unpaired) electrons. The lowest BCUT2D eigenvalue weighted by Gasteiger charge is -2.39. The number of benzene rings is 1. The third kappa shape index (κ3) is 3.89. The number of nitrogens with two attached hydrogens (primary N) is 1. The van der Waals surface area contributed by atoms with Crippen LogP contribution in [0.3, 0.4) is 0 Å². The van der Waals surface area contributed by atoms with Gasteiger partial charge in [-0.1, -0.05) is 44.2 Å². The van der Waals surface area contributed by atoms with Crippen molar-refractivity contribution in [2.45, 2.75) is 70.4 Å². The molecular formula is C17H26ClNO. The largest absolute Gasteiger partial charge is 0.487 e. The molecule has 1 aliphatic heterocycles. The van der Waals surface area contributed by atoms with Crippen molar-refractivity contribution in [2.24, 2.45) is 5.73 Å². The summed E-state index contributed by atoms with van der Waals surface area (Å²) in [7, 11) is 0. The molecule has 2 atom stereocenters. The SMILES string of the molecule is CCCCCCCC1(C)CC(N)c2cc(Cl)ccc2O1. The van der Waals surface area contributed by atoms with E-state index in [1.165, 1.54) is 32.1 Å². The molecule has 0 spiro atoms. The van der Waals surface area contributed by atoms with Crippen molar-refractivity contribution in [3.63, 3.8) is 0 Å². The Morgan fingerprint density at radius 3 is 2.80 bits per heavy atom. The molecule has 1 aromatic carbocycles. The Labute approximate surface area is 127 Å². The van der Waals surface area contributed by atoms with Crippen LogP contribution in [-0.4, -0.2) is 5.60 Å². The molecular weight excluding hydrogens is 270 g/mol. The molecule has 2 unspecified atom stereocenters. The molecule has 0 bridgehead atoms. The summed E-state index contributed by atoms with van der Waals surface area (Å²) in [4.78, 5) is 0. The first-order chi connectivity index (χ1) is 9.54. The third-order valence-corrected chi connectivity index (χ3v) is 4.42. The monoisotopic (exact) mass is 295 g/mol. The van der Waals surface area contributed by atoms with Gasteiger partial charge < -0.3 is 10.5 Å². The highest BCUT2D eigenvalue weighted by Gasteiger charge is 2.35. The summed E-state index contributed by atoms with van der Waals surface area (Å²) in [6.45, 7) is 4.43. The second-order valence-electron chi connectivity index (χ2n) is 6.21. The molecule has 0 amide bonds. The maximum Gasteiger partial charge on any atom is 0.125 e. The summed E-state index contributed by atoms with van der Waals surface area (Å²) < 4.78 is 6.21. The maximum absolute atomic E-state index is 6.30. The van der Waals surface area contributed by atoms with Crippen LogP contribution < -0.4 is 10.5 Å². The van der Waals surface area contributed by atoms with Crippen molar-refractivity contribution in [3.8, 4) is 5.75 Å². The molecule has 0 saturated heterocycles. The van der Waals surface area contributed by atoms with Crippen molar-refractivity contribution in [1.29, 1.82) is 0 Å². The quantitative estimate of drug-likeness (QED) is 0.728. The van der Waals surface area contributed by atoms with Crippen LogP contribution >= 0.6 is 11.6 Å². The van der Waals surface area contributed by atoms with E-state index in [0.29, 0.717) is 0 Å². The summed E-state index contributed by atoms with van der Waals surface area (Å²) in [5.74, 6) is 0.907. The van der Waals surface area contributed by atoms with Gasteiger partial charge >= 0.3 is 0 Å². The van der Waals surface area contributed by atoms with Crippen LogP contribution in [0.2, 0.25) is 5.02 Å².